The molecule has 0 aliphatic rings. The van der Waals surface area contributed by atoms with Crippen LogP contribution in [0.1, 0.15) is 19.9 Å². The third kappa shape index (κ3) is 5.74. The van der Waals surface area contributed by atoms with E-state index in [9.17, 15) is 19.1 Å². The van der Waals surface area contributed by atoms with E-state index < -0.39 is 23.5 Å². The number of hydrogen-bond donors (Lipinski definition) is 3. The second kappa shape index (κ2) is 10.8. The number of anilines is 1. The lowest BCUT2D eigenvalue weighted by Gasteiger charge is -2.22. The molecule has 3 rings (SSSR count). The fourth-order valence-electron chi connectivity index (χ4n) is 3.38. The average molecular weight is 569 g/mol. The molecule has 1 aromatic heterocycles. The van der Waals surface area contributed by atoms with E-state index in [-0.39, 0.29) is 23.2 Å². The van der Waals surface area contributed by atoms with E-state index in [0.717, 1.165) is 4.57 Å². The average Bonchev–Trinajstić information content (AvgIpc) is 3.05. The number of benzene rings is 2. The normalized spacial score (nSPS) is 12.1. The number of rotatable bonds is 9. The Balaban J connectivity index is 1.89. The van der Waals surface area contributed by atoms with Gasteiger partial charge in [0.05, 0.1) is 12.3 Å². The van der Waals surface area contributed by atoms with Crippen LogP contribution in [0.25, 0.3) is 11.3 Å². The van der Waals surface area contributed by atoms with Crippen LogP contribution in [0.3, 0.4) is 0 Å². The van der Waals surface area contributed by atoms with Gasteiger partial charge in [0.1, 0.15) is 29.9 Å². The van der Waals surface area contributed by atoms with Gasteiger partial charge in [0.15, 0.2) is 0 Å². The highest BCUT2D eigenvalue weighted by Gasteiger charge is 2.30. The van der Waals surface area contributed by atoms with E-state index in [1.807, 2.05) is 22.6 Å². The molecule has 33 heavy (non-hydrogen) atoms. The standard InChI is InChI=1S/C23H25FIN3O5/c1-13(2)20(21(29)26-18-9-6-15(25)12-17(18)24)28-22(30)19(27-23(28)31)14-4-7-16(8-5-14)33-11-10-32-3/h4-9,12-13,20,30H,10-11H2,1-3H3,(H,26,29)(H,27,31)/t20-/m0/s1. The van der Waals surface area contributed by atoms with Crippen molar-refractivity contribution in [2.75, 3.05) is 25.6 Å². The van der Waals surface area contributed by atoms with E-state index in [1.54, 1.807) is 51.3 Å². The number of nitrogens with one attached hydrogen (secondary N) is 2. The molecule has 0 unspecified atom stereocenters. The molecule has 3 N–H and O–H groups in total. The predicted octanol–water partition coefficient (Wildman–Crippen LogP) is 4.15. The molecule has 0 aliphatic carbocycles. The highest BCUT2D eigenvalue weighted by atomic mass is 127. The molecule has 10 heteroatoms. The summed E-state index contributed by atoms with van der Waals surface area (Å²) in [5.41, 5.74) is 0.0506. The Kier molecular flexibility index (Phi) is 8.14. The molecule has 0 radical (unpaired) electrons. The van der Waals surface area contributed by atoms with Crippen LogP contribution < -0.4 is 15.7 Å². The molecule has 0 bridgehead atoms. The van der Waals surface area contributed by atoms with E-state index in [0.29, 0.717) is 28.1 Å². The fourth-order valence-corrected chi connectivity index (χ4v) is 3.83. The van der Waals surface area contributed by atoms with Crippen LogP contribution in [-0.2, 0) is 9.53 Å². The summed E-state index contributed by atoms with van der Waals surface area (Å²) >= 11 is 1.97. The van der Waals surface area contributed by atoms with Crippen molar-refractivity contribution in [2.24, 2.45) is 5.92 Å². The minimum Gasteiger partial charge on any atom is -0.493 e. The minimum atomic E-state index is -1.07. The summed E-state index contributed by atoms with van der Waals surface area (Å²) in [6.07, 6.45) is 0. The molecule has 176 valence electrons. The number of aromatic amines is 1. The molecule has 1 atom stereocenters. The first kappa shape index (κ1) is 24.8. The largest absolute Gasteiger partial charge is 0.493 e. The Morgan fingerprint density at radius 2 is 1.91 bits per heavy atom. The maximum absolute atomic E-state index is 14.2. The lowest BCUT2D eigenvalue weighted by molar-refractivity contribution is -0.120. The van der Waals surface area contributed by atoms with Crippen molar-refractivity contribution in [3.05, 3.63) is 62.3 Å². The van der Waals surface area contributed by atoms with Gasteiger partial charge in [-0.3, -0.25) is 4.79 Å². The van der Waals surface area contributed by atoms with Gasteiger partial charge in [-0.2, -0.15) is 0 Å². The topological polar surface area (TPSA) is 106 Å². The predicted molar refractivity (Wildman–Crippen MR) is 131 cm³/mol. The number of hydrogen-bond acceptors (Lipinski definition) is 5. The summed E-state index contributed by atoms with van der Waals surface area (Å²) in [6.45, 7) is 4.31. The Morgan fingerprint density at radius 1 is 1.21 bits per heavy atom. The second-order valence-corrected chi connectivity index (χ2v) is 8.91. The van der Waals surface area contributed by atoms with E-state index in [1.165, 1.54) is 12.1 Å². The highest BCUT2D eigenvalue weighted by molar-refractivity contribution is 14.1. The zero-order valence-corrected chi connectivity index (χ0v) is 20.6. The van der Waals surface area contributed by atoms with Crippen LogP contribution in [0.5, 0.6) is 11.6 Å². The Hall–Kier alpha value is -2.86. The van der Waals surface area contributed by atoms with E-state index >= 15 is 0 Å². The number of H-pyrrole nitrogens is 1. The zero-order valence-electron chi connectivity index (χ0n) is 18.4. The second-order valence-electron chi connectivity index (χ2n) is 7.67. The molecule has 8 nitrogen and oxygen atoms in total. The molecule has 0 spiro atoms. The van der Waals surface area contributed by atoms with Gasteiger partial charge in [0.25, 0.3) is 0 Å². The Bertz CT molecular complexity index is 1170. The van der Waals surface area contributed by atoms with Crippen molar-refractivity contribution in [1.29, 1.82) is 0 Å². The summed E-state index contributed by atoms with van der Waals surface area (Å²) in [5.74, 6) is -1.35. The number of imidazole rings is 1. The molecule has 1 amide bonds. The van der Waals surface area contributed by atoms with Crippen LogP contribution in [-0.4, -0.2) is 40.9 Å². The van der Waals surface area contributed by atoms with Crippen molar-refractivity contribution in [1.82, 2.24) is 9.55 Å². The Morgan fingerprint density at radius 3 is 2.52 bits per heavy atom. The number of nitrogens with zero attached hydrogens (tertiary/aromatic N) is 1. The van der Waals surface area contributed by atoms with Crippen LogP contribution in [0.15, 0.2) is 47.3 Å². The lowest BCUT2D eigenvalue weighted by atomic mass is 10.0. The van der Waals surface area contributed by atoms with Gasteiger partial charge in [-0.15, -0.1) is 0 Å². The molecular weight excluding hydrogens is 544 g/mol. The summed E-state index contributed by atoms with van der Waals surface area (Å²) < 4.78 is 26.4. The van der Waals surface area contributed by atoms with Gasteiger partial charge in [-0.05, 0) is 71.0 Å². The number of carbonyl (C=O) groups excluding carboxylic acids is 1. The lowest BCUT2D eigenvalue weighted by Crippen LogP contribution is -2.35. The van der Waals surface area contributed by atoms with Crippen molar-refractivity contribution in [3.8, 4) is 22.9 Å². The first-order valence-electron chi connectivity index (χ1n) is 10.2. The molecule has 0 fully saturated rings. The Labute approximate surface area is 203 Å². The molecule has 2 aromatic carbocycles. The minimum absolute atomic E-state index is 0.00146. The first-order valence-corrected chi connectivity index (χ1v) is 11.3. The van der Waals surface area contributed by atoms with Gasteiger partial charge in [0.2, 0.25) is 11.8 Å². The number of ether oxygens (including phenoxy) is 2. The third-order valence-corrected chi connectivity index (χ3v) is 5.64. The number of carbonyl (C=O) groups is 1. The fraction of sp³-hybridized carbons (Fsp3) is 0.304. The molecular formula is C23H25FIN3O5. The number of methoxy groups -OCH3 is 1. The highest BCUT2D eigenvalue weighted by Crippen LogP contribution is 2.32. The van der Waals surface area contributed by atoms with Crippen molar-refractivity contribution < 1.29 is 23.8 Å². The summed E-state index contributed by atoms with van der Waals surface area (Å²) in [4.78, 5) is 28.4. The quantitative estimate of drug-likeness (QED) is 0.265. The number of aromatic hydroxyl groups is 1. The molecule has 3 aromatic rings. The van der Waals surface area contributed by atoms with Crippen LogP contribution in [0.2, 0.25) is 0 Å². The van der Waals surface area contributed by atoms with Crippen molar-refractivity contribution >= 4 is 34.2 Å². The van der Waals surface area contributed by atoms with Gasteiger partial charge >= 0.3 is 5.69 Å². The van der Waals surface area contributed by atoms with E-state index in [2.05, 4.69) is 10.3 Å². The zero-order chi connectivity index (χ0) is 24.1. The number of amides is 1. The van der Waals surface area contributed by atoms with Gasteiger partial charge in [-0.25, -0.2) is 13.8 Å². The number of aromatic nitrogens is 2. The van der Waals surface area contributed by atoms with Crippen LogP contribution in [0, 0.1) is 15.3 Å². The van der Waals surface area contributed by atoms with Crippen molar-refractivity contribution in [3.63, 3.8) is 0 Å². The third-order valence-electron chi connectivity index (χ3n) is 4.97. The monoisotopic (exact) mass is 569 g/mol. The maximum Gasteiger partial charge on any atom is 0.329 e. The summed E-state index contributed by atoms with van der Waals surface area (Å²) in [7, 11) is 1.58. The van der Waals surface area contributed by atoms with Crippen molar-refractivity contribution in [2.45, 2.75) is 19.9 Å². The molecule has 1 heterocycles. The molecule has 0 aliphatic heterocycles. The number of halogens is 2. The van der Waals surface area contributed by atoms with Crippen LogP contribution in [0.4, 0.5) is 10.1 Å². The first-order chi connectivity index (χ1) is 15.7. The van der Waals surface area contributed by atoms with E-state index in [4.69, 9.17) is 9.47 Å². The van der Waals surface area contributed by atoms with Crippen LogP contribution >= 0.6 is 22.6 Å². The smallest absolute Gasteiger partial charge is 0.329 e. The van der Waals surface area contributed by atoms with Gasteiger partial charge in [-0.1, -0.05) is 13.8 Å². The summed E-state index contributed by atoms with van der Waals surface area (Å²) in [6, 6.07) is 10.1. The SMILES string of the molecule is COCCOc1ccc(-c2[nH]c(=O)n([C@H](C(=O)Nc3ccc(I)cc3F)C(C)C)c2O)cc1. The van der Waals surface area contributed by atoms with Gasteiger partial charge < -0.3 is 24.9 Å². The summed E-state index contributed by atoms with van der Waals surface area (Å²) in [5, 5.41) is 13.4. The molecule has 0 saturated carbocycles. The molecule has 0 saturated heterocycles. The van der Waals surface area contributed by atoms with Gasteiger partial charge in [0, 0.05) is 16.2 Å². The maximum atomic E-state index is 14.2.